The van der Waals surface area contributed by atoms with Crippen LogP contribution in [0.15, 0.2) is 40.4 Å². The Bertz CT molecular complexity index is 1180. The summed E-state index contributed by atoms with van der Waals surface area (Å²) in [6.07, 6.45) is 2.78. The number of hydrogen-bond acceptors (Lipinski definition) is 8. The number of aromatic nitrogens is 3. The number of carboxylic acid groups (broad SMARTS) is 1. The standard InChI is InChI=1S/C18H14N6O4S2/c25-13(5-6-14(26)27)22-17-19-8-9(29-17)7-12-15(28)23-18(30-12)24-16-20-10-3-1-2-4-11(10)21-16/h1-4,7-8H,5-6H2,(H,26,27)(H,19,22,25)(H2,20,21,23,24,28). The van der Waals surface area contributed by atoms with Gasteiger partial charge in [-0.1, -0.05) is 23.5 Å². The number of amidine groups is 1. The number of carbonyl (C=O) groups excluding carboxylic acids is 2. The Morgan fingerprint density at radius 3 is 2.90 bits per heavy atom. The number of anilines is 1. The Labute approximate surface area is 177 Å². The molecule has 0 bridgehead atoms. The quantitative estimate of drug-likeness (QED) is 0.429. The first-order valence-electron chi connectivity index (χ1n) is 8.68. The number of fused-ring (bicyclic) bond motifs is 1. The zero-order valence-corrected chi connectivity index (χ0v) is 16.8. The first kappa shape index (κ1) is 19.8. The second-order valence-electron chi connectivity index (χ2n) is 6.07. The van der Waals surface area contributed by atoms with Crippen LogP contribution in [0.1, 0.15) is 17.7 Å². The number of aromatic amines is 1. The van der Waals surface area contributed by atoms with Gasteiger partial charge in [-0.25, -0.2) is 9.97 Å². The smallest absolute Gasteiger partial charge is 0.303 e. The Hall–Kier alpha value is -3.51. The van der Waals surface area contributed by atoms with Crippen molar-refractivity contribution in [3.05, 3.63) is 40.2 Å². The molecule has 1 aliphatic rings. The van der Waals surface area contributed by atoms with Gasteiger partial charge >= 0.3 is 5.97 Å². The minimum atomic E-state index is -1.04. The van der Waals surface area contributed by atoms with E-state index in [4.69, 9.17) is 5.11 Å². The van der Waals surface area contributed by atoms with Crippen LogP contribution in [0.3, 0.4) is 0 Å². The molecule has 0 aliphatic carbocycles. The highest BCUT2D eigenvalue weighted by Crippen LogP contribution is 2.30. The van der Waals surface area contributed by atoms with Gasteiger partial charge in [0.15, 0.2) is 10.3 Å². The number of hydrogen-bond donors (Lipinski definition) is 4. The maximum atomic E-state index is 12.2. The van der Waals surface area contributed by atoms with E-state index >= 15 is 0 Å². The van der Waals surface area contributed by atoms with Crippen LogP contribution in [-0.4, -0.2) is 43.0 Å². The molecule has 12 heteroatoms. The average molecular weight is 442 g/mol. The molecule has 0 spiro atoms. The minimum Gasteiger partial charge on any atom is -0.481 e. The summed E-state index contributed by atoms with van der Waals surface area (Å²) in [5.41, 5.74) is 1.63. The number of carbonyl (C=O) groups is 3. The molecule has 0 unspecified atom stereocenters. The van der Waals surface area contributed by atoms with E-state index < -0.39 is 11.9 Å². The topological polar surface area (TPSA) is 149 Å². The third kappa shape index (κ3) is 4.72. The van der Waals surface area contributed by atoms with Crippen LogP contribution >= 0.6 is 23.1 Å². The largest absolute Gasteiger partial charge is 0.481 e. The molecule has 1 aromatic carbocycles. The van der Waals surface area contributed by atoms with Crippen LogP contribution < -0.4 is 10.6 Å². The molecular weight excluding hydrogens is 428 g/mol. The van der Waals surface area contributed by atoms with Gasteiger partial charge in [-0.3, -0.25) is 14.4 Å². The van der Waals surface area contributed by atoms with Gasteiger partial charge in [0, 0.05) is 12.6 Å². The lowest BCUT2D eigenvalue weighted by atomic mass is 10.3. The van der Waals surface area contributed by atoms with E-state index in [2.05, 4.69) is 30.6 Å². The van der Waals surface area contributed by atoms with Gasteiger partial charge in [0.2, 0.25) is 11.9 Å². The second kappa shape index (κ2) is 8.47. The number of aliphatic carboxylic acids is 1. The molecule has 1 aliphatic heterocycles. The van der Waals surface area contributed by atoms with Gasteiger partial charge in [-0.05, 0) is 30.0 Å². The number of nitrogens with one attached hydrogen (secondary N) is 3. The normalized spacial score (nSPS) is 16.3. The van der Waals surface area contributed by atoms with Crippen LogP contribution in [0.25, 0.3) is 17.1 Å². The number of aliphatic imine (C=N–C) groups is 1. The van der Waals surface area contributed by atoms with E-state index in [0.717, 1.165) is 11.0 Å². The lowest BCUT2D eigenvalue weighted by molar-refractivity contribution is -0.138. The molecule has 3 aromatic rings. The van der Waals surface area contributed by atoms with Gasteiger partial charge in [-0.15, -0.1) is 0 Å². The van der Waals surface area contributed by atoms with Crippen LogP contribution in [0.4, 0.5) is 11.1 Å². The molecule has 152 valence electrons. The molecule has 2 aromatic heterocycles. The SMILES string of the molecule is O=C(O)CCC(=O)Nc1ncc(C=C2SC(=Nc3nc4ccccc4[nH]3)NC2=O)s1. The monoisotopic (exact) mass is 442 g/mol. The lowest BCUT2D eigenvalue weighted by Gasteiger charge is -1.98. The van der Waals surface area contributed by atoms with E-state index in [1.54, 1.807) is 6.08 Å². The summed E-state index contributed by atoms with van der Waals surface area (Å²) in [7, 11) is 0. The number of nitrogens with zero attached hydrogens (tertiary/aromatic N) is 3. The minimum absolute atomic E-state index is 0.134. The van der Waals surface area contributed by atoms with Crippen molar-refractivity contribution in [3.63, 3.8) is 0 Å². The maximum absolute atomic E-state index is 12.2. The fraction of sp³-hybridized carbons (Fsp3) is 0.111. The predicted molar refractivity (Wildman–Crippen MR) is 115 cm³/mol. The van der Waals surface area contributed by atoms with Crippen LogP contribution in [0.5, 0.6) is 0 Å². The average Bonchev–Trinajstić information content (AvgIpc) is 3.39. The van der Waals surface area contributed by atoms with E-state index in [1.165, 1.54) is 29.3 Å². The maximum Gasteiger partial charge on any atom is 0.303 e. The number of para-hydroxylation sites is 2. The Kier molecular flexibility index (Phi) is 5.59. The summed E-state index contributed by atoms with van der Waals surface area (Å²) < 4.78 is 0. The third-order valence-electron chi connectivity index (χ3n) is 3.84. The molecule has 1 saturated heterocycles. The molecular formula is C18H14N6O4S2. The van der Waals surface area contributed by atoms with Crippen molar-refractivity contribution in [1.82, 2.24) is 20.3 Å². The fourth-order valence-electron chi connectivity index (χ4n) is 2.51. The summed E-state index contributed by atoms with van der Waals surface area (Å²) in [6, 6.07) is 7.52. The summed E-state index contributed by atoms with van der Waals surface area (Å²) in [6.45, 7) is 0. The number of thiazole rings is 1. The summed E-state index contributed by atoms with van der Waals surface area (Å²) >= 11 is 2.34. The first-order valence-corrected chi connectivity index (χ1v) is 10.3. The molecule has 1 fully saturated rings. The Morgan fingerprint density at radius 2 is 2.10 bits per heavy atom. The van der Waals surface area contributed by atoms with E-state index in [9.17, 15) is 14.4 Å². The molecule has 0 radical (unpaired) electrons. The number of amides is 2. The van der Waals surface area contributed by atoms with Gasteiger partial charge < -0.3 is 20.7 Å². The Morgan fingerprint density at radius 1 is 1.27 bits per heavy atom. The van der Waals surface area contributed by atoms with Crippen LogP contribution in [-0.2, 0) is 14.4 Å². The van der Waals surface area contributed by atoms with Crippen LogP contribution in [0, 0.1) is 0 Å². The van der Waals surface area contributed by atoms with Crippen molar-refractivity contribution >= 4 is 74.2 Å². The number of benzene rings is 1. The molecule has 4 rings (SSSR count). The van der Waals surface area contributed by atoms with E-state index in [1.807, 2.05) is 24.3 Å². The van der Waals surface area contributed by atoms with Crippen molar-refractivity contribution in [2.45, 2.75) is 12.8 Å². The Balaban J connectivity index is 1.43. The lowest BCUT2D eigenvalue weighted by Crippen LogP contribution is -2.19. The number of imidazole rings is 1. The highest BCUT2D eigenvalue weighted by molar-refractivity contribution is 8.18. The van der Waals surface area contributed by atoms with E-state index in [0.29, 0.717) is 26.0 Å². The van der Waals surface area contributed by atoms with Crippen molar-refractivity contribution in [2.75, 3.05) is 5.32 Å². The number of H-pyrrole nitrogens is 1. The highest BCUT2D eigenvalue weighted by Gasteiger charge is 2.24. The van der Waals surface area contributed by atoms with Crippen molar-refractivity contribution in [3.8, 4) is 0 Å². The van der Waals surface area contributed by atoms with Crippen molar-refractivity contribution in [2.24, 2.45) is 4.99 Å². The zero-order valence-electron chi connectivity index (χ0n) is 15.2. The molecule has 3 heterocycles. The predicted octanol–water partition coefficient (Wildman–Crippen LogP) is 2.71. The summed E-state index contributed by atoms with van der Waals surface area (Å²) in [5.74, 6) is -1.38. The third-order valence-corrected chi connectivity index (χ3v) is 5.61. The number of rotatable bonds is 6. The molecule has 30 heavy (non-hydrogen) atoms. The van der Waals surface area contributed by atoms with Crippen molar-refractivity contribution in [1.29, 1.82) is 0 Å². The van der Waals surface area contributed by atoms with E-state index in [-0.39, 0.29) is 18.7 Å². The molecule has 10 nitrogen and oxygen atoms in total. The number of thioether (sulfide) groups is 1. The zero-order chi connectivity index (χ0) is 21.1. The van der Waals surface area contributed by atoms with Gasteiger partial charge in [-0.2, -0.15) is 4.99 Å². The molecule has 0 atom stereocenters. The van der Waals surface area contributed by atoms with Crippen molar-refractivity contribution < 1.29 is 19.5 Å². The van der Waals surface area contributed by atoms with Gasteiger partial charge in [0.25, 0.3) is 5.91 Å². The first-order chi connectivity index (χ1) is 14.5. The molecule has 0 saturated carbocycles. The highest BCUT2D eigenvalue weighted by atomic mass is 32.2. The van der Waals surface area contributed by atoms with Crippen LogP contribution in [0.2, 0.25) is 0 Å². The van der Waals surface area contributed by atoms with Gasteiger partial charge in [0.1, 0.15) is 0 Å². The second-order valence-corrected chi connectivity index (χ2v) is 8.16. The summed E-state index contributed by atoms with van der Waals surface area (Å²) in [5, 5.41) is 14.6. The molecule has 4 N–H and O–H groups in total. The number of carboxylic acids is 1. The molecule has 2 amide bonds. The fourth-order valence-corrected chi connectivity index (χ4v) is 4.18. The summed E-state index contributed by atoms with van der Waals surface area (Å²) in [4.78, 5) is 51.4. The van der Waals surface area contributed by atoms with Gasteiger partial charge in [0.05, 0.1) is 27.2 Å².